The Bertz CT molecular complexity index is 438. The first-order chi connectivity index (χ1) is 9.35. The van der Waals surface area contributed by atoms with Gasteiger partial charge in [0.15, 0.2) is 0 Å². The van der Waals surface area contributed by atoms with Crippen LogP contribution in [0.25, 0.3) is 0 Å². The molecule has 1 heterocycles. The maximum Gasteiger partial charge on any atom is 0.125 e. The molecule has 1 aliphatic carbocycles. The van der Waals surface area contributed by atoms with Crippen molar-refractivity contribution < 1.29 is 4.74 Å². The molecule has 1 N–H and O–H groups in total. The summed E-state index contributed by atoms with van der Waals surface area (Å²) in [6.45, 7) is 9.77. The summed E-state index contributed by atoms with van der Waals surface area (Å²) in [4.78, 5) is 5.97. The molecule has 3 nitrogen and oxygen atoms in total. The van der Waals surface area contributed by atoms with E-state index < -0.39 is 0 Å². The standard InChI is InChI=1S/C16H28N2OS/c1-12-7-6-8-16(9-12,19-5)14-17-10-13(20-14)11-18-15(2,3)4/h10,12,18H,6-9,11H2,1-5H3. The van der Waals surface area contributed by atoms with E-state index in [1.54, 1.807) is 11.3 Å². The number of aromatic nitrogens is 1. The first-order valence-corrected chi connectivity index (χ1v) is 8.42. The van der Waals surface area contributed by atoms with Gasteiger partial charge in [-0.05, 0) is 46.0 Å². The molecule has 2 atom stereocenters. The summed E-state index contributed by atoms with van der Waals surface area (Å²) in [5.41, 5.74) is 0.00473. The first kappa shape index (κ1) is 15.9. The fourth-order valence-corrected chi connectivity index (χ4v) is 3.98. The van der Waals surface area contributed by atoms with Gasteiger partial charge in [-0.3, -0.25) is 0 Å². The van der Waals surface area contributed by atoms with Gasteiger partial charge in [0.1, 0.15) is 10.6 Å². The number of nitrogens with zero attached hydrogens (tertiary/aromatic N) is 1. The van der Waals surface area contributed by atoms with E-state index in [9.17, 15) is 0 Å². The highest BCUT2D eigenvalue weighted by Crippen LogP contribution is 2.43. The number of nitrogens with one attached hydrogen (secondary N) is 1. The van der Waals surface area contributed by atoms with Crippen LogP contribution in [0.1, 0.15) is 63.3 Å². The van der Waals surface area contributed by atoms with Crippen LogP contribution in [0.3, 0.4) is 0 Å². The molecule has 1 aliphatic rings. The molecule has 20 heavy (non-hydrogen) atoms. The lowest BCUT2D eigenvalue weighted by Gasteiger charge is -2.37. The van der Waals surface area contributed by atoms with Crippen LogP contribution in [-0.4, -0.2) is 17.6 Å². The number of ether oxygens (including phenoxy) is 1. The van der Waals surface area contributed by atoms with Gasteiger partial charge in [-0.1, -0.05) is 13.3 Å². The number of hydrogen-bond acceptors (Lipinski definition) is 4. The van der Waals surface area contributed by atoms with Crippen molar-refractivity contribution in [2.45, 2.75) is 71.1 Å². The fourth-order valence-electron chi connectivity index (χ4n) is 2.92. The van der Waals surface area contributed by atoms with Gasteiger partial charge in [0.2, 0.25) is 0 Å². The Labute approximate surface area is 127 Å². The minimum absolute atomic E-state index is 0.137. The van der Waals surface area contributed by atoms with Crippen LogP contribution in [0.15, 0.2) is 6.20 Å². The molecule has 0 saturated heterocycles. The van der Waals surface area contributed by atoms with Gasteiger partial charge in [-0.25, -0.2) is 4.98 Å². The van der Waals surface area contributed by atoms with Crippen molar-refractivity contribution in [3.05, 3.63) is 16.1 Å². The second-order valence-electron chi connectivity index (χ2n) is 7.14. The molecule has 1 saturated carbocycles. The van der Waals surface area contributed by atoms with Gasteiger partial charge in [0.25, 0.3) is 0 Å². The third-order valence-corrected chi connectivity index (χ3v) is 5.27. The molecule has 0 spiro atoms. The zero-order chi connectivity index (χ0) is 14.8. The number of hydrogen-bond donors (Lipinski definition) is 1. The molecule has 2 rings (SSSR count). The van der Waals surface area contributed by atoms with Crippen LogP contribution in [0, 0.1) is 5.92 Å². The second-order valence-corrected chi connectivity index (χ2v) is 8.25. The molecule has 0 bridgehead atoms. The Morgan fingerprint density at radius 1 is 1.50 bits per heavy atom. The zero-order valence-corrected chi connectivity index (χ0v) is 14.3. The lowest BCUT2D eigenvalue weighted by molar-refractivity contribution is -0.0580. The van der Waals surface area contributed by atoms with E-state index in [-0.39, 0.29) is 11.1 Å². The third-order valence-electron chi connectivity index (χ3n) is 4.08. The normalized spacial score (nSPS) is 27.8. The maximum absolute atomic E-state index is 5.92. The Hall–Kier alpha value is -0.450. The molecule has 2 unspecified atom stereocenters. The van der Waals surface area contributed by atoms with E-state index in [4.69, 9.17) is 4.74 Å². The van der Waals surface area contributed by atoms with Crippen molar-refractivity contribution in [3.63, 3.8) is 0 Å². The summed E-state index contributed by atoms with van der Waals surface area (Å²) in [7, 11) is 1.84. The molecule has 4 heteroatoms. The Kier molecular flexibility index (Phi) is 4.88. The predicted molar refractivity (Wildman–Crippen MR) is 85.0 cm³/mol. The molecule has 114 valence electrons. The van der Waals surface area contributed by atoms with Gasteiger partial charge in [-0.15, -0.1) is 11.3 Å². The summed E-state index contributed by atoms with van der Waals surface area (Å²) >= 11 is 1.81. The monoisotopic (exact) mass is 296 g/mol. The van der Waals surface area contributed by atoms with Crippen LogP contribution >= 0.6 is 11.3 Å². The summed E-state index contributed by atoms with van der Waals surface area (Å²) < 4.78 is 5.92. The molecule has 0 amide bonds. The van der Waals surface area contributed by atoms with Crippen LogP contribution in [0.2, 0.25) is 0 Å². The highest BCUT2D eigenvalue weighted by Gasteiger charge is 2.39. The molecule has 0 aromatic carbocycles. The molecular formula is C16H28N2OS. The van der Waals surface area contributed by atoms with E-state index >= 15 is 0 Å². The van der Waals surface area contributed by atoms with Crippen LogP contribution < -0.4 is 5.32 Å². The summed E-state index contributed by atoms with van der Waals surface area (Å²) in [6, 6.07) is 0. The highest BCUT2D eigenvalue weighted by molar-refractivity contribution is 7.11. The summed E-state index contributed by atoms with van der Waals surface area (Å²) in [6.07, 6.45) is 6.77. The maximum atomic E-state index is 5.92. The van der Waals surface area contributed by atoms with Crippen LogP contribution in [-0.2, 0) is 16.9 Å². The summed E-state index contributed by atoms with van der Waals surface area (Å²) in [5, 5.41) is 4.69. The van der Waals surface area contributed by atoms with E-state index in [1.807, 2.05) is 13.3 Å². The zero-order valence-electron chi connectivity index (χ0n) is 13.5. The van der Waals surface area contributed by atoms with Crippen LogP contribution in [0.4, 0.5) is 0 Å². The highest BCUT2D eigenvalue weighted by atomic mass is 32.1. The van der Waals surface area contributed by atoms with Gasteiger partial charge in [0.05, 0.1) is 0 Å². The van der Waals surface area contributed by atoms with E-state index in [0.717, 1.165) is 30.3 Å². The topological polar surface area (TPSA) is 34.1 Å². The Balaban J connectivity index is 2.10. The molecular weight excluding hydrogens is 268 g/mol. The smallest absolute Gasteiger partial charge is 0.125 e. The largest absolute Gasteiger partial charge is 0.371 e. The number of thiazole rings is 1. The third kappa shape index (κ3) is 3.80. The molecule has 1 aromatic heterocycles. The number of methoxy groups -OCH3 is 1. The van der Waals surface area contributed by atoms with Crippen molar-refractivity contribution in [1.82, 2.24) is 10.3 Å². The van der Waals surface area contributed by atoms with Gasteiger partial charge in [0, 0.05) is 30.3 Å². The average Bonchev–Trinajstić information content (AvgIpc) is 2.85. The van der Waals surface area contributed by atoms with E-state index in [0.29, 0.717) is 0 Å². The van der Waals surface area contributed by atoms with E-state index in [2.05, 4.69) is 38.0 Å². The molecule has 1 aromatic rings. The van der Waals surface area contributed by atoms with Gasteiger partial charge >= 0.3 is 0 Å². The van der Waals surface area contributed by atoms with Gasteiger partial charge in [-0.2, -0.15) is 0 Å². The molecule has 0 radical (unpaired) electrons. The van der Waals surface area contributed by atoms with Crippen molar-refractivity contribution in [3.8, 4) is 0 Å². The minimum Gasteiger partial charge on any atom is -0.371 e. The summed E-state index contributed by atoms with van der Waals surface area (Å²) in [5.74, 6) is 0.726. The van der Waals surface area contributed by atoms with Gasteiger partial charge < -0.3 is 10.1 Å². The predicted octanol–water partition coefficient (Wildman–Crippen LogP) is 4.08. The van der Waals surface area contributed by atoms with Crippen LogP contribution in [0.5, 0.6) is 0 Å². The SMILES string of the molecule is COC1(c2ncc(CNC(C)(C)C)s2)CCCC(C)C1. The lowest BCUT2D eigenvalue weighted by Crippen LogP contribution is -2.35. The Morgan fingerprint density at radius 2 is 2.25 bits per heavy atom. The van der Waals surface area contributed by atoms with E-state index in [1.165, 1.54) is 17.7 Å². The molecule has 0 aliphatic heterocycles. The number of rotatable bonds is 4. The van der Waals surface area contributed by atoms with Crippen molar-refractivity contribution in [2.24, 2.45) is 5.92 Å². The minimum atomic E-state index is -0.137. The Morgan fingerprint density at radius 3 is 2.85 bits per heavy atom. The quantitative estimate of drug-likeness (QED) is 0.909. The first-order valence-electron chi connectivity index (χ1n) is 7.60. The lowest BCUT2D eigenvalue weighted by atomic mass is 9.79. The fraction of sp³-hybridized carbons (Fsp3) is 0.812. The van der Waals surface area contributed by atoms with Crippen molar-refractivity contribution in [1.29, 1.82) is 0 Å². The van der Waals surface area contributed by atoms with Crippen molar-refractivity contribution in [2.75, 3.05) is 7.11 Å². The average molecular weight is 296 g/mol. The van der Waals surface area contributed by atoms with Crippen molar-refractivity contribution >= 4 is 11.3 Å². The molecule has 1 fully saturated rings. The second kappa shape index (κ2) is 6.12.